The zero-order valence-corrected chi connectivity index (χ0v) is 14.5. The fourth-order valence-electron chi connectivity index (χ4n) is 3.53. The Bertz CT molecular complexity index is 837. The van der Waals surface area contributed by atoms with Gasteiger partial charge in [0.1, 0.15) is 11.5 Å². The highest BCUT2D eigenvalue weighted by atomic mass is 16.2. The van der Waals surface area contributed by atoms with E-state index in [1.54, 1.807) is 24.4 Å². The summed E-state index contributed by atoms with van der Waals surface area (Å²) in [6.45, 7) is 0. The second-order valence-electron chi connectivity index (χ2n) is 6.64. The van der Waals surface area contributed by atoms with Gasteiger partial charge in [-0.1, -0.05) is 31.0 Å². The van der Waals surface area contributed by atoms with E-state index in [2.05, 4.69) is 15.5 Å². The van der Waals surface area contributed by atoms with Crippen LogP contribution in [-0.2, 0) is 9.59 Å². The molecule has 4 rings (SSSR count). The Morgan fingerprint density at radius 1 is 1.08 bits per heavy atom. The predicted octanol–water partition coefficient (Wildman–Crippen LogP) is 3.12. The van der Waals surface area contributed by atoms with Gasteiger partial charge in [-0.25, -0.2) is 9.69 Å². The molecule has 7 nitrogen and oxygen atoms in total. The number of nitrogens with one attached hydrogen (secondary N) is 1. The summed E-state index contributed by atoms with van der Waals surface area (Å²) in [5.74, 6) is 0.301. The van der Waals surface area contributed by atoms with Gasteiger partial charge in [-0.3, -0.25) is 9.59 Å². The van der Waals surface area contributed by atoms with E-state index in [1.165, 1.54) is 17.9 Å². The van der Waals surface area contributed by atoms with Gasteiger partial charge in [0.2, 0.25) is 5.91 Å². The lowest BCUT2D eigenvalue weighted by Gasteiger charge is -2.23. The maximum absolute atomic E-state index is 12.7. The number of benzene rings is 1. The van der Waals surface area contributed by atoms with Gasteiger partial charge in [-0.05, 0) is 25.0 Å². The Balaban J connectivity index is 1.53. The zero-order valence-electron chi connectivity index (χ0n) is 14.5. The van der Waals surface area contributed by atoms with E-state index < -0.39 is 0 Å². The first kappa shape index (κ1) is 16.5. The Hall–Kier alpha value is -2.96. The maximum atomic E-state index is 12.7. The number of carbonyl (C=O) groups is 2. The fraction of sp³-hybridized carbons (Fsp3) is 0.368. The molecule has 0 atom stereocenters. The number of carbonyl (C=O) groups excluding carboxylic acids is 2. The van der Waals surface area contributed by atoms with Crippen molar-refractivity contribution in [2.45, 2.75) is 44.6 Å². The topological polar surface area (TPSA) is 79.6 Å². The summed E-state index contributed by atoms with van der Waals surface area (Å²) in [6, 6.07) is 11.3. The van der Waals surface area contributed by atoms with E-state index in [0.717, 1.165) is 12.8 Å². The Kier molecular flexibility index (Phi) is 4.51. The van der Waals surface area contributed by atoms with Crippen LogP contribution in [0.2, 0.25) is 0 Å². The van der Waals surface area contributed by atoms with Crippen molar-refractivity contribution in [3.8, 4) is 0 Å². The molecular weight excluding hydrogens is 330 g/mol. The van der Waals surface area contributed by atoms with Crippen LogP contribution in [0.4, 0.5) is 11.5 Å². The van der Waals surface area contributed by atoms with Crippen LogP contribution >= 0.6 is 0 Å². The molecule has 2 heterocycles. The smallest absolute Gasteiger partial charge is 0.273 e. The molecule has 0 radical (unpaired) electrons. The molecule has 0 unspecified atom stereocenters. The monoisotopic (exact) mass is 351 g/mol. The van der Waals surface area contributed by atoms with Crippen LogP contribution in [-0.4, -0.2) is 27.3 Å². The Labute approximate surface area is 151 Å². The van der Waals surface area contributed by atoms with E-state index in [1.807, 2.05) is 22.9 Å². The average Bonchev–Trinajstić information content (AvgIpc) is 3.34. The Morgan fingerprint density at radius 2 is 1.85 bits per heavy atom. The molecule has 1 aromatic carbocycles. The third-order valence-electron chi connectivity index (χ3n) is 4.88. The van der Waals surface area contributed by atoms with Crippen molar-refractivity contribution in [1.82, 2.24) is 9.78 Å². The number of aromatic nitrogens is 2. The quantitative estimate of drug-likeness (QED) is 0.919. The van der Waals surface area contributed by atoms with Gasteiger partial charge in [0.05, 0.1) is 17.9 Å². The predicted molar refractivity (Wildman–Crippen MR) is 99.0 cm³/mol. The van der Waals surface area contributed by atoms with E-state index in [-0.39, 0.29) is 18.2 Å². The largest absolute Gasteiger partial charge is 0.306 e. The molecule has 1 aliphatic heterocycles. The van der Waals surface area contributed by atoms with Gasteiger partial charge in [0, 0.05) is 18.9 Å². The lowest BCUT2D eigenvalue weighted by molar-refractivity contribution is -0.118. The molecular formula is C19H21N5O2. The fourth-order valence-corrected chi connectivity index (χ4v) is 3.53. The van der Waals surface area contributed by atoms with Gasteiger partial charge < -0.3 is 5.32 Å². The van der Waals surface area contributed by atoms with Crippen LogP contribution in [0, 0.1) is 0 Å². The van der Waals surface area contributed by atoms with Crippen molar-refractivity contribution >= 4 is 29.0 Å². The van der Waals surface area contributed by atoms with E-state index in [0.29, 0.717) is 29.7 Å². The molecule has 1 fully saturated rings. The summed E-state index contributed by atoms with van der Waals surface area (Å²) >= 11 is 0. The van der Waals surface area contributed by atoms with Crippen LogP contribution < -0.4 is 10.3 Å². The number of nitrogens with zero attached hydrogens (tertiary/aromatic N) is 4. The van der Waals surface area contributed by atoms with Crippen molar-refractivity contribution in [2.24, 2.45) is 5.10 Å². The van der Waals surface area contributed by atoms with E-state index >= 15 is 0 Å². The lowest BCUT2D eigenvalue weighted by atomic mass is 10.1. The first-order valence-electron chi connectivity index (χ1n) is 9.03. The molecule has 1 N–H and O–H groups in total. The van der Waals surface area contributed by atoms with E-state index in [4.69, 9.17) is 0 Å². The number of hydrogen-bond donors (Lipinski definition) is 1. The van der Waals surface area contributed by atoms with Crippen LogP contribution in [0.25, 0.3) is 0 Å². The summed E-state index contributed by atoms with van der Waals surface area (Å²) in [5.41, 5.74) is 1.02. The number of amides is 2. The Morgan fingerprint density at radius 3 is 2.62 bits per heavy atom. The van der Waals surface area contributed by atoms with Crippen molar-refractivity contribution in [3.05, 3.63) is 42.6 Å². The minimum Gasteiger partial charge on any atom is -0.306 e. The average molecular weight is 351 g/mol. The van der Waals surface area contributed by atoms with Gasteiger partial charge >= 0.3 is 0 Å². The second kappa shape index (κ2) is 7.11. The third-order valence-corrected chi connectivity index (χ3v) is 4.88. The summed E-state index contributed by atoms with van der Waals surface area (Å²) in [5, 5.41) is 12.9. The van der Waals surface area contributed by atoms with Crippen LogP contribution in [0.15, 0.2) is 47.7 Å². The standard InChI is InChI=1S/C19H21N5O2/c25-18-11-10-16(22-24(18)15-6-2-1-3-7-15)19(26)21-17-12-13-20-23(17)14-8-4-5-9-14/h1-3,6-7,12-14H,4-5,8-11H2,(H,21,26). The summed E-state index contributed by atoms with van der Waals surface area (Å²) in [4.78, 5) is 24.9. The van der Waals surface area contributed by atoms with Crippen LogP contribution in [0.3, 0.4) is 0 Å². The van der Waals surface area contributed by atoms with Crippen molar-refractivity contribution in [3.63, 3.8) is 0 Å². The molecule has 2 aromatic rings. The van der Waals surface area contributed by atoms with Crippen LogP contribution in [0.1, 0.15) is 44.6 Å². The number of hydrogen-bond acceptors (Lipinski definition) is 4. The number of hydrazone groups is 1. The molecule has 2 aliphatic rings. The lowest BCUT2D eigenvalue weighted by Crippen LogP contribution is -2.36. The minimum atomic E-state index is -0.279. The first-order chi connectivity index (χ1) is 12.7. The molecule has 7 heteroatoms. The number of rotatable bonds is 4. The van der Waals surface area contributed by atoms with Gasteiger partial charge in [-0.15, -0.1) is 0 Å². The summed E-state index contributed by atoms with van der Waals surface area (Å²) in [7, 11) is 0. The van der Waals surface area contributed by atoms with Gasteiger partial charge in [-0.2, -0.15) is 10.2 Å². The summed E-state index contributed by atoms with van der Waals surface area (Å²) < 4.78 is 1.90. The highest BCUT2D eigenvalue weighted by Crippen LogP contribution is 2.31. The molecule has 134 valence electrons. The molecule has 0 spiro atoms. The zero-order chi connectivity index (χ0) is 17.9. The first-order valence-corrected chi connectivity index (χ1v) is 9.03. The number of anilines is 2. The van der Waals surface area contributed by atoms with Gasteiger partial charge in [0.15, 0.2) is 0 Å². The number of para-hydroxylation sites is 1. The van der Waals surface area contributed by atoms with E-state index in [9.17, 15) is 9.59 Å². The van der Waals surface area contributed by atoms with Crippen molar-refractivity contribution in [2.75, 3.05) is 10.3 Å². The molecule has 1 saturated carbocycles. The second-order valence-corrected chi connectivity index (χ2v) is 6.64. The maximum Gasteiger partial charge on any atom is 0.273 e. The molecule has 2 amide bonds. The SMILES string of the molecule is O=C(Nc1ccnn1C1CCCC1)C1=NN(c2ccccc2)C(=O)CC1. The van der Waals surface area contributed by atoms with Crippen molar-refractivity contribution < 1.29 is 9.59 Å². The molecule has 26 heavy (non-hydrogen) atoms. The highest BCUT2D eigenvalue weighted by molar-refractivity contribution is 6.44. The molecule has 0 bridgehead atoms. The molecule has 0 saturated heterocycles. The van der Waals surface area contributed by atoms with Crippen molar-refractivity contribution in [1.29, 1.82) is 0 Å². The highest BCUT2D eigenvalue weighted by Gasteiger charge is 2.27. The van der Waals surface area contributed by atoms with Gasteiger partial charge in [0.25, 0.3) is 5.91 Å². The summed E-state index contributed by atoms with van der Waals surface area (Å²) in [6.07, 6.45) is 6.87. The normalized spacial score (nSPS) is 18.1. The molecule has 1 aliphatic carbocycles. The van der Waals surface area contributed by atoms with Crippen LogP contribution in [0.5, 0.6) is 0 Å². The molecule has 1 aromatic heterocycles. The third kappa shape index (κ3) is 3.24. The minimum absolute atomic E-state index is 0.108.